The van der Waals surface area contributed by atoms with Gasteiger partial charge in [-0.2, -0.15) is 13.2 Å². The minimum atomic E-state index is -4.06. The molecule has 2 unspecified atom stereocenters. The van der Waals surface area contributed by atoms with E-state index in [2.05, 4.69) is 10.3 Å². The minimum Gasteiger partial charge on any atom is -0.310 e. The van der Waals surface area contributed by atoms with E-state index in [0.29, 0.717) is 13.0 Å². The number of alkyl halides is 3. The average Bonchev–Trinajstić information content (AvgIpc) is 2.55. The van der Waals surface area contributed by atoms with Crippen molar-refractivity contribution in [2.75, 3.05) is 6.54 Å². The number of hydrogen-bond acceptors (Lipinski definition) is 2. The van der Waals surface area contributed by atoms with Crippen LogP contribution in [0.25, 0.3) is 0 Å². The number of rotatable bonds is 1. The summed E-state index contributed by atoms with van der Waals surface area (Å²) in [5, 5.41) is 3.16. The van der Waals surface area contributed by atoms with Gasteiger partial charge in [0.25, 0.3) is 0 Å². The SMILES string of the molecule is FC(F)(F)C1CCNC(c2cccnc2)CC1. The van der Waals surface area contributed by atoms with Gasteiger partial charge in [-0.05, 0) is 37.4 Å². The van der Waals surface area contributed by atoms with Crippen LogP contribution in [0.5, 0.6) is 0 Å². The summed E-state index contributed by atoms with van der Waals surface area (Å²) in [5.74, 6) is -1.17. The van der Waals surface area contributed by atoms with Crippen molar-refractivity contribution in [2.45, 2.75) is 31.5 Å². The molecule has 1 aromatic rings. The Bertz CT molecular complexity index is 351. The zero-order valence-corrected chi connectivity index (χ0v) is 9.37. The molecule has 1 fully saturated rings. The van der Waals surface area contributed by atoms with Gasteiger partial charge in [0.15, 0.2) is 0 Å². The molecule has 0 amide bonds. The highest BCUT2D eigenvalue weighted by Gasteiger charge is 2.40. The van der Waals surface area contributed by atoms with Gasteiger partial charge >= 0.3 is 6.18 Å². The first-order valence-corrected chi connectivity index (χ1v) is 5.77. The predicted molar refractivity (Wildman–Crippen MR) is 58.4 cm³/mol. The normalized spacial score (nSPS) is 26.5. The summed E-state index contributed by atoms with van der Waals surface area (Å²) in [6.45, 7) is 0.406. The first kappa shape index (κ1) is 12.4. The lowest BCUT2D eigenvalue weighted by atomic mass is 9.97. The average molecular weight is 244 g/mol. The molecule has 1 N–H and O–H groups in total. The van der Waals surface area contributed by atoms with Gasteiger partial charge in [0.05, 0.1) is 5.92 Å². The van der Waals surface area contributed by atoms with Gasteiger partial charge in [-0.25, -0.2) is 0 Å². The number of hydrogen-bond donors (Lipinski definition) is 1. The molecule has 0 aromatic carbocycles. The highest BCUT2D eigenvalue weighted by Crippen LogP contribution is 2.36. The summed E-state index contributed by atoms with van der Waals surface area (Å²) >= 11 is 0. The lowest BCUT2D eigenvalue weighted by Crippen LogP contribution is -2.24. The molecule has 0 bridgehead atoms. The fourth-order valence-electron chi connectivity index (χ4n) is 2.24. The maximum absolute atomic E-state index is 12.6. The van der Waals surface area contributed by atoms with Gasteiger partial charge in [-0.15, -0.1) is 0 Å². The highest BCUT2D eigenvalue weighted by atomic mass is 19.4. The van der Waals surface area contributed by atoms with Crippen LogP contribution in [0.1, 0.15) is 30.9 Å². The van der Waals surface area contributed by atoms with Crippen molar-refractivity contribution in [1.29, 1.82) is 0 Å². The lowest BCUT2D eigenvalue weighted by molar-refractivity contribution is -0.176. The zero-order chi connectivity index (χ0) is 12.3. The number of halogens is 3. The molecule has 1 aliphatic heterocycles. The van der Waals surface area contributed by atoms with Crippen molar-refractivity contribution in [3.63, 3.8) is 0 Å². The molecule has 1 aromatic heterocycles. The van der Waals surface area contributed by atoms with E-state index in [1.165, 1.54) is 0 Å². The summed E-state index contributed by atoms with van der Waals surface area (Å²) in [7, 11) is 0. The second kappa shape index (κ2) is 5.04. The van der Waals surface area contributed by atoms with Gasteiger partial charge in [0, 0.05) is 18.4 Å². The summed E-state index contributed by atoms with van der Waals surface area (Å²) in [6.07, 6.45) is 0.183. The van der Waals surface area contributed by atoms with E-state index >= 15 is 0 Å². The maximum atomic E-state index is 12.6. The second-order valence-electron chi connectivity index (χ2n) is 4.40. The summed E-state index contributed by atoms with van der Waals surface area (Å²) in [5.41, 5.74) is 0.968. The number of nitrogens with one attached hydrogen (secondary N) is 1. The van der Waals surface area contributed by atoms with Crippen LogP contribution in [0.15, 0.2) is 24.5 Å². The third kappa shape index (κ3) is 3.19. The van der Waals surface area contributed by atoms with Gasteiger partial charge in [-0.3, -0.25) is 4.98 Å². The van der Waals surface area contributed by atoms with Gasteiger partial charge in [0.2, 0.25) is 0 Å². The molecule has 1 aliphatic rings. The van der Waals surface area contributed by atoms with Crippen molar-refractivity contribution in [3.05, 3.63) is 30.1 Å². The Morgan fingerprint density at radius 2 is 2.06 bits per heavy atom. The van der Waals surface area contributed by atoms with E-state index in [-0.39, 0.29) is 18.9 Å². The fraction of sp³-hybridized carbons (Fsp3) is 0.583. The Labute approximate surface area is 98.2 Å². The van der Waals surface area contributed by atoms with E-state index in [0.717, 1.165) is 5.56 Å². The van der Waals surface area contributed by atoms with Gasteiger partial charge in [0.1, 0.15) is 0 Å². The first-order chi connectivity index (χ1) is 8.07. The predicted octanol–water partition coefficient (Wildman–Crippen LogP) is 3.07. The molecule has 0 radical (unpaired) electrons. The number of pyridine rings is 1. The standard InChI is InChI=1S/C12H15F3N2/c13-12(14,15)10-3-4-11(17-7-5-10)9-2-1-6-16-8-9/h1-2,6,8,10-11,17H,3-5,7H2. The Hall–Kier alpha value is -1.10. The van der Waals surface area contributed by atoms with E-state index in [1.807, 2.05) is 12.1 Å². The summed E-state index contributed by atoms with van der Waals surface area (Å²) in [6, 6.07) is 3.71. The molecule has 1 saturated heterocycles. The number of aromatic nitrogens is 1. The Kier molecular flexibility index (Phi) is 3.66. The van der Waals surface area contributed by atoms with E-state index in [9.17, 15) is 13.2 Å². The summed E-state index contributed by atoms with van der Waals surface area (Å²) < 4.78 is 37.8. The Morgan fingerprint density at radius 1 is 1.24 bits per heavy atom. The topological polar surface area (TPSA) is 24.9 Å². The lowest BCUT2D eigenvalue weighted by Gasteiger charge is -2.17. The molecule has 2 nitrogen and oxygen atoms in total. The zero-order valence-electron chi connectivity index (χ0n) is 9.37. The first-order valence-electron chi connectivity index (χ1n) is 5.77. The Morgan fingerprint density at radius 3 is 2.71 bits per heavy atom. The van der Waals surface area contributed by atoms with Crippen LogP contribution < -0.4 is 5.32 Å². The van der Waals surface area contributed by atoms with Gasteiger partial charge in [-0.1, -0.05) is 6.07 Å². The van der Waals surface area contributed by atoms with Crippen LogP contribution in [0.2, 0.25) is 0 Å². The van der Waals surface area contributed by atoms with Crippen LogP contribution in [-0.2, 0) is 0 Å². The quantitative estimate of drug-likeness (QED) is 0.821. The molecule has 0 saturated carbocycles. The smallest absolute Gasteiger partial charge is 0.310 e. The Balaban J connectivity index is 2.01. The van der Waals surface area contributed by atoms with E-state index in [4.69, 9.17) is 0 Å². The monoisotopic (exact) mass is 244 g/mol. The third-order valence-electron chi connectivity index (χ3n) is 3.24. The minimum absolute atomic E-state index is 0.00366. The molecule has 94 valence electrons. The molecule has 2 atom stereocenters. The maximum Gasteiger partial charge on any atom is 0.391 e. The van der Waals surface area contributed by atoms with E-state index < -0.39 is 12.1 Å². The van der Waals surface area contributed by atoms with Crippen LogP contribution in [0.4, 0.5) is 13.2 Å². The van der Waals surface area contributed by atoms with Crippen molar-refractivity contribution >= 4 is 0 Å². The molecule has 17 heavy (non-hydrogen) atoms. The molecule has 2 rings (SSSR count). The molecule has 2 heterocycles. The van der Waals surface area contributed by atoms with Crippen molar-refractivity contribution in [3.8, 4) is 0 Å². The van der Waals surface area contributed by atoms with Crippen LogP contribution in [0.3, 0.4) is 0 Å². The largest absolute Gasteiger partial charge is 0.391 e. The summed E-state index contributed by atoms with van der Waals surface area (Å²) in [4.78, 5) is 4.00. The third-order valence-corrected chi connectivity index (χ3v) is 3.24. The van der Waals surface area contributed by atoms with Crippen molar-refractivity contribution in [1.82, 2.24) is 10.3 Å². The van der Waals surface area contributed by atoms with Crippen molar-refractivity contribution in [2.24, 2.45) is 5.92 Å². The highest BCUT2D eigenvalue weighted by molar-refractivity contribution is 5.14. The molecule has 0 spiro atoms. The van der Waals surface area contributed by atoms with Crippen molar-refractivity contribution < 1.29 is 13.2 Å². The molecule has 5 heteroatoms. The number of nitrogens with zero attached hydrogens (tertiary/aromatic N) is 1. The van der Waals surface area contributed by atoms with Gasteiger partial charge < -0.3 is 5.32 Å². The van der Waals surface area contributed by atoms with E-state index in [1.54, 1.807) is 12.4 Å². The fourth-order valence-corrected chi connectivity index (χ4v) is 2.24. The second-order valence-corrected chi connectivity index (χ2v) is 4.40. The van der Waals surface area contributed by atoms with Crippen LogP contribution in [-0.4, -0.2) is 17.7 Å². The molecule has 0 aliphatic carbocycles. The molecular weight excluding hydrogens is 229 g/mol. The van der Waals surface area contributed by atoms with Crippen LogP contribution in [0, 0.1) is 5.92 Å². The van der Waals surface area contributed by atoms with Crippen LogP contribution >= 0.6 is 0 Å². The molecular formula is C12H15F3N2.